The molecule has 0 N–H and O–H groups in total. The summed E-state index contributed by atoms with van der Waals surface area (Å²) in [7, 11) is -3.48. The third-order valence-electron chi connectivity index (χ3n) is 7.21. The van der Waals surface area contributed by atoms with Gasteiger partial charge in [-0.1, -0.05) is 6.07 Å². The predicted molar refractivity (Wildman–Crippen MR) is 144 cm³/mol. The molecular weight excluding hydrogens is 505 g/mol. The maximum absolute atomic E-state index is 15.0. The zero-order chi connectivity index (χ0) is 27.4. The molecule has 0 spiro atoms. The summed E-state index contributed by atoms with van der Waals surface area (Å²) < 4.78 is 39.5. The Kier molecular flexibility index (Phi) is 8.03. The van der Waals surface area contributed by atoms with Crippen LogP contribution >= 0.6 is 0 Å². The van der Waals surface area contributed by atoms with Crippen molar-refractivity contribution in [2.24, 2.45) is 0 Å². The van der Waals surface area contributed by atoms with E-state index in [0.717, 1.165) is 44.3 Å². The van der Waals surface area contributed by atoms with Gasteiger partial charge in [0.1, 0.15) is 23.5 Å². The van der Waals surface area contributed by atoms with Gasteiger partial charge in [0.25, 0.3) is 5.91 Å². The number of piperazine rings is 1. The first kappa shape index (κ1) is 27.2. The summed E-state index contributed by atoms with van der Waals surface area (Å²) in [6.45, 7) is 4.77. The molecule has 0 aliphatic carbocycles. The number of nitriles is 2. The van der Waals surface area contributed by atoms with Crippen molar-refractivity contribution in [3.63, 3.8) is 0 Å². The van der Waals surface area contributed by atoms with E-state index in [2.05, 4.69) is 4.90 Å². The van der Waals surface area contributed by atoms with Crippen molar-refractivity contribution in [1.29, 1.82) is 10.5 Å². The number of hydrogen-bond donors (Lipinski definition) is 0. The van der Waals surface area contributed by atoms with Crippen molar-refractivity contribution >= 4 is 32.7 Å². The first-order valence-electron chi connectivity index (χ1n) is 12.6. The number of anilines is 2. The van der Waals surface area contributed by atoms with Gasteiger partial charge in [0.15, 0.2) is 9.84 Å². The van der Waals surface area contributed by atoms with E-state index in [1.807, 2.05) is 17.0 Å². The number of allylic oxidation sites excluding steroid dienone is 2. The molecule has 0 aromatic heterocycles. The van der Waals surface area contributed by atoms with Gasteiger partial charge in [0.2, 0.25) is 0 Å². The van der Waals surface area contributed by atoms with Crippen LogP contribution < -0.4 is 9.80 Å². The quantitative estimate of drug-likeness (QED) is 0.533. The normalized spacial score (nSPS) is 16.0. The van der Waals surface area contributed by atoms with Crippen molar-refractivity contribution in [2.45, 2.75) is 31.1 Å². The van der Waals surface area contributed by atoms with Crippen molar-refractivity contribution in [3.05, 3.63) is 58.9 Å². The first-order valence-corrected chi connectivity index (χ1v) is 14.5. The number of rotatable bonds is 5. The van der Waals surface area contributed by atoms with E-state index in [1.54, 1.807) is 36.1 Å². The Labute approximate surface area is 223 Å². The zero-order valence-electron chi connectivity index (χ0n) is 21.6. The number of benzene rings is 2. The Morgan fingerprint density at radius 3 is 2.05 bits per heavy atom. The standard InChI is InChI=1S/C28H30FN5O3S/c1-20(22(18-30)19-31)21-6-8-27(25(29)16-21)33-12-14-34(15-13-33)28(35)24-17-23(38(2,36)37)7-9-26(24)32-10-4-3-5-11-32/h6-9,16-17H,3-5,10-15H2,1-2H3. The molecule has 4 rings (SSSR count). The molecule has 38 heavy (non-hydrogen) atoms. The Morgan fingerprint density at radius 1 is 0.868 bits per heavy atom. The van der Waals surface area contributed by atoms with E-state index in [4.69, 9.17) is 10.5 Å². The van der Waals surface area contributed by atoms with Crippen LogP contribution in [0.25, 0.3) is 5.57 Å². The van der Waals surface area contributed by atoms with Gasteiger partial charge in [0, 0.05) is 51.2 Å². The van der Waals surface area contributed by atoms with Crippen molar-refractivity contribution < 1.29 is 17.6 Å². The lowest BCUT2D eigenvalue weighted by atomic mass is 10.0. The van der Waals surface area contributed by atoms with Gasteiger partial charge < -0.3 is 14.7 Å². The van der Waals surface area contributed by atoms with Crippen molar-refractivity contribution in [1.82, 2.24) is 4.90 Å². The smallest absolute Gasteiger partial charge is 0.256 e. The summed E-state index contributed by atoms with van der Waals surface area (Å²) in [6, 6.07) is 13.1. The second kappa shape index (κ2) is 11.2. The van der Waals surface area contributed by atoms with Crippen LogP contribution in [0.3, 0.4) is 0 Å². The van der Waals surface area contributed by atoms with Crippen LogP contribution in [0.4, 0.5) is 15.8 Å². The summed E-state index contributed by atoms with van der Waals surface area (Å²) in [6.07, 6.45) is 4.31. The number of carbonyl (C=O) groups is 1. The minimum Gasteiger partial charge on any atom is -0.371 e. The van der Waals surface area contributed by atoms with Crippen molar-refractivity contribution in [3.8, 4) is 12.1 Å². The van der Waals surface area contributed by atoms with Gasteiger partial charge in [-0.25, -0.2) is 12.8 Å². The van der Waals surface area contributed by atoms with E-state index in [9.17, 15) is 13.2 Å². The van der Waals surface area contributed by atoms with Gasteiger partial charge in [-0.15, -0.1) is 0 Å². The van der Waals surface area contributed by atoms with Crippen LogP contribution in [0.5, 0.6) is 0 Å². The summed E-state index contributed by atoms with van der Waals surface area (Å²) in [5, 5.41) is 18.2. The minimum atomic E-state index is -3.48. The molecule has 0 saturated carbocycles. The number of carbonyl (C=O) groups excluding carboxylic acids is 1. The maximum atomic E-state index is 15.0. The van der Waals surface area contributed by atoms with Gasteiger partial charge in [-0.05, 0) is 67.7 Å². The first-order chi connectivity index (χ1) is 18.1. The molecule has 198 valence electrons. The lowest BCUT2D eigenvalue weighted by molar-refractivity contribution is 0.0747. The SMILES string of the molecule is CC(=C(C#N)C#N)c1ccc(N2CCN(C(=O)c3cc(S(C)(=O)=O)ccc3N3CCCCC3)CC2)c(F)c1. The molecule has 0 unspecified atom stereocenters. The monoisotopic (exact) mass is 535 g/mol. The highest BCUT2D eigenvalue weighted by atomic mass is 32.2. The molecule has 0 bridgehead atoms. The molecule has 2 heterocycles. The maximum Gasteiger partial charge on any atom is 0.256 e. The van der Waals surface area contributed by atoms with Gasteiger partial charge in [-0.3, -0.25) is 4.79 Å². The average molecular weight is 536 g/mol. The molecule has 0 atom stereocenters. The van der Waals surface area contributed by atoms with E-state index in [-0.39, 0.29) is 16.4 Å². The van der Waals surface area contributed by atoms with Gasteiger partial charge in [0.05, 0.1) is 16.1 Å². The third kappa shape index (κ3) is 5.66. The number of hydrogen-bond acceptors (Lipinski definition) is 7. The average Bonchev–Trinajstić information content (AvgIpc) is 2.93. The molecule has 8 nitrogen and oxygen atoms in total. The third-order valence-corrected chi connectivity index (χ3v) is 8.32. The number of piperidine rings is 1. The highest BCUT2D eigenvalue weighted by Crippen LogP contribution is 2.30. The van der Waals surface area contributed by atoms with Gasteiger partial charge in [-0.2, -0.15) is 10.5 Å². The van der Waals surface area contributed by atoms with Crippen LogP contribution in [0.15, 0.2) is 46.9 Å². The fourth-order valence-electron chi connectivity index (χ4n) is 4.98. The summed E-state index contributed by atoms with van der Waals surface area (Å²) >= 11 is 0. The topological polar surface area (TPSA) is 109 Å². The second-order valence-corrected chi connectivity index (χ2v) is 11.7. The Balaban J connectivity index is 1.53. The molecule has 2 aliphatic heterocycles. The highest BCUT2D eigenvalue weighted by Gasteiger charge is 2.28. The Morgan fingerprint density at radius 2 is 1.47 bits per heavy atom. The molecule has 2 saturated heterocycles. The Hall–Kier alpha value is -3.89. The molecule has 2 aliphatic rings. The van der Waals surface area contributed by atoms with E-state index >= 15 is 4.39 Å². The molecule has 2 aromatic rings. The molecular formula is C28H30FN5O3S. The highest BCUT2D eigenvalue weighted by molar-refractivity contribution is 7.90. The van der Waals surface area contributed by atoms with Crippen LogP contribution in [-0.2, 0) is 9.84 Å². The van der Waals surface area contributed by atoms with Crippen LogP contribution in [0.2, 0.25) is 0 Å². The van der Waals surface area contributed by atoms with E-state index in [0.29, 0.717) is 48.6 Å². The lowest BCUT2D eigenvalue weighted by Crippen LogP contribution is -2.49. The zero-order valence-corrected chi connectivity index (χ0v) is 22.4. The summed E-state index contributed by atoms with van der Waals surface area (Å²) in [5.41, 5.74) is 2.34. The number of nitrogens with zero attached hydrogens (tertiary/aromatic N) is 5. The minimum absolute atomic E-state index is 0.0619. The molecule has 2 aromatic carbocycles. The molecule has 10 heteroatoms. The fourth-order valence-corrected chi connectivity index (χ4v) is 5.63. The molecule has 2 fully saturated rings. The molecule has 0 radical (unpaired) electrons. The lowest BCUT2D eigenvalue weighted by Gasteiger charge is -2.37. The largest absolute Gasteiger partial charge is 0.371 e. The second-order valence-electron chi connectivity index (χ2n) is 9.67. The van der Waals surface area contributed by atoms with E-state index < -0.39 is 15.7 Å². The summed E-state index contributed by atoms with van der Waals surface area (Å²) in [4.78, 5) is 19.5. The number of amides is 1. The van der Waals surface area contributed by atoms with Crippen LogP contribution in [0, 0.1) is 28.5 Å². The predicted octanol–water partition coefficient (Wildman–Crippen LogP) is 4.00. The van der Waals surface area contributed by atoms with Gasteiger partial charge >= 0.3 is 0 Å². The number of sulfone groups is 1. The summed E-state index contributed by atoms with van der Waals surface area (Å²) in [5.74, 6) is -0.696. The number of halogens is 1. The van der Waals surface area contributed by atoms with Crippen LogP contribution in [-0.4, -0.2) is 64.7 Å². The Bertz CT molecular complexity index is 1440. The van der Waals surface area contributed by atoms with E-state index in [1.165, 1.54) is 12.1 Å². The fraction of sp³-hybridized carbons (Fsp3) is 0.393. The van der Waals surface area contributed by atoms with Crippen molar-refractivity contribution in [2.75, 3.05) is 55.3 Å². The van der Waals surface area contributed by atoms with Crippen LogP contribution in [0.1, 0.15) is 42.1 Å². The molecule has 1 amide bonds.